The van der Waals surface area contributed by atoms with Gasteiger partial charge in [0.1, 0.15) is 18.6 Å². The number of urea groups is 1. The highest BCUT2D eigenvalue weighted by atomic mass is 16.5. The van der Waals surface area contributed by atoms with Crippen LogP contribution in [0.25, 0.3) is 0 Å². The SMILES string of the molecule is CN1CC(=O)N(CC(=O)OCC(=O)NC2(C#N)CCCCC2)C1=O. The standard InChI is InChI=1S/C15H20N4O5/c1-18-7-12(21)19(14(18)23)8-13(22)24-9-11(20)17-15(10-16)5-3-2-4-6-15/h2-9H2,1H3,(H,17,20). The van der Waals surface area contributed by atoms with Gasteiger partial charge in [0.2, 0.25) is 0 Å². The molecule has 2 rings (SSSR count). The molecule has 9 heteroatoms. The molecule has 9 nitrogen and oxygen atoms in total. The Morgan fingerprint density at radius 1 is 1.29 bits per heavy atom. The molecule has 4 amide bonds. The summed E-state index contributed by atoms with van der Waals surface area (Å²) in [6.45, 7) is -1.16. The summed E-state index contributed by atoms with van der Waals surface area (Å²) in [5, 5.41) is 11.9. The number of nitrogens with one attached hydrogen (secondary N) is 1. The van der Waals surface area contributed by atoms with E-state index in [1.54, 1.807) is 0 Å². The molecule has 0 aromatic heterocycles. The number of imide groups is 1. The van der Waals surface area contributed by atoms with Crippen molar-refractivity contribution in [3.63, 3.8) is 0 Å². The van der Waals surface area contributed by atoms with Crippen LogP contribution in [0.5, 0.6) is 0 Å². The summed E-state index contributed by atoms with van der Waals surface area (Å²) < 4.78 is 4.80. The molecule has 1 aliphatic carbocycles. The molecule has 1 N–H and O–H groups in total. The average molecular weight is 336 g/mol. The van der Waals surface area contributed by atoms with Crippen LogP contribution in [0.4, 0.5) is 4.79 Å². The summed E-state index contributed by atoms with van der Waals surface area (Å²) in [5.41, 5.74) is -0.897. The van der Waals surface area contributed by atoms with E-state index in [-0.39, 0.29) is 6.54 Å². The molecule has 2 fully saturated rings. The Balaban J connectivity index is 1.79. The molecule has 2 aliphatic rings. The van der Waals surface area contributed by atoms with Gasteiger partial charge in [0, 0.05) is 7.05 Å². The third-order valence-corrected chi connectivity index (χ3v) is 4.18. The maximum atomic E-state index is 11.9. The lowest BCUT2D eigenvalue weighted by Crippen LogP contribution is -2.50. The van der Waals surface area contributed by atoms with Gasteiger partial charge >= 0.3 is 12.0 Å². The highest BCUT2D eigenvalue weighted by molar-refractivity contribution is 6.04. The first-order valence-electron chi connectivity index (χ1n) is 7.80. The van der Waals surface area contributed by atoms with E-state index in [0.717, 1.165) is 24.2 Å². The van der Waals surface area contributed by atoms with Gasteiger partial charge in [-0.15, -0.1) is 0 Å². The van der Waals surface area contributed by atoms with E-state index < -0.39 is 42.5 Å². The fourth-order valence-corrected chi connectivity index (χ4v) is 2.87. The van der Waals surface area contributed by atoms with Crippen LogP contribution in [-0.4, -0.2) is 65.9 Å². The highest BCUT2D eigenvalue weighted by Crippen LogP contribution is 2.27. The number of likely N-dealkylation sites (N-methyl/N-ethyl adjacent to an activating group) is 1. The number of amides is 4. The molecular formula is C15H20N4O5. The van der Waals surface area contributed by atoms with Gasteiger partial charge in [-0.05, 0) is 12.8 Å². The monoisotopic (exact) mass is 336 g/mol. The van der Waals surface area contributed by atoms with E-state index in [1.165, 1.54) is 11.9 Å². The van der Waals surface area contributed by atoms with Gasteiger partial charge in [-0.3, -0.25) is 19.3 Å². The second kappa shape index (κ2) is 7.29. The van der Waals surface area contributed by atoms with Gasteiger partial charge in [-0.2, -0.15) is 5.26 Å². The van der Waals surface area contributed by atoms with Gasteiger partial charge in [0.05, 0.1) is 6.07 Å². The van der Waals surface area contributed by atoms with E-state index in [4.69, 9.17) is 4.74 Å². The number of esters is 1. The fourth-order valence-electron chi connectivity index (χ4n) is 2.87. The molecule has 0 aromatic rings. The summed E-state index contributed by atoms with van der Waals surface area (Å²) in [6.07, 6.45) is 3.90. The predicted octanol–water partition coefficient (Wildman–Crippen LogP) is -0.234. The van der Waals surface area contributed by atoms with Crippen LogP contribution in [0, 0.1) is 11.3 Å². The lowest BCUT2D eigenvalue weighted by atomic mass is 9.83. The normalized spacial score (nSPS) is 19.8. The Bertz CT molecular complexity index is 591. The van der Waals surface area contributed by atoms with E-state index in [1.807, 2.05) is 0 Å². The minimum atomic E-state index is -0.897. The van der Waals surface area contributed by atoms with E-state index in [2.05, 4.69) is 11.4 Å². The Morgan fingerprint density at radius 3 is 2.50 bits per heavy atom. The van der Waals surface area contributed by atoms with Crippen molar-refractivity contribution in [2.24, 2.45) is 0 Å². The molecule has 1 aliphatic heterocycles. The van der Waals surface area contributed by atoms with Crippen LogP contribution in [0.2, 0.25) is 0 Å². The second-order valence-electron chi connectivity index (χ2n) is 6.08. The van der Waals surface area contributed by atoms with Crippen molar-refractivity contribution in [2.75, 3.05) is 26.7 Å². The Labute approximate surface area is 139 Å². The number of nitrogens with zero attached hydrogens (tertiary/aromatic N) is 3. The zero-order chi connectivity index (χ0) is 17.7. The van der Waals surface area contributed by atoms with Crippen LogP contribution in [0.1, 0.15) is 32.1 Å². The van der Waals surface area contributed by atoms with Crippen LogP contribution < -0.4 is 5.32 Å². The maximum Gasteiger partial charge on any atom is 0.327 e. The first-order valence-corrected chi connectivity index (χ1v) is 7.80. The zero-order valence-electron chi connectivity index (χ0n) is 13.5. The number of carbonyl (C=O) groups is 4. The lowest BCUT2D eigenvalue weighted by molar-refractivity contribution is -0.150. The molecule has 0 aromatic carbocycles. The minimum absolute atomic E-state index is 0.0860. The topological polar surface area (TPSA) is 120 Å². The van der Waals surface area contributed by atoms with Crippen LogP contribution in [0.3, 0.4) is 0 Å². The Morgan fingerprint density at radius 2 is 1.96 bits per heavy atom. The first kappa shape index (κ1) is 17.7. The summed E-state index contributed by atoms with van der Waals surface area (Å²) in [7, 11) is 1.45. The zero-order valence-corrected chi connectivity index (χ0v) is 13.5. The van der Waals surface area contributed by atoms with Crippen LogP contribution >= 0.6 is 0 Å². The number of ether oxygens (including phenoxy) is 1. The second-order valence-corrected chi connectivity index (χ2v) is 6.08. The maximum absolute atomic E-state index is 11.9. The summed E-state index contributed by atoms with van der Waals surface area (Å²) in [4.78, 5) is 48.8. The molecule has 0 atom stereocenters. The molecule has 0 unspecified atom stereocenters. The van der Waals surface area contributed by atoms with Gasteiger partial charge < -0.3 is 15.0 Å². The van der Waals surface area contributed by atoms with Crippen molar-refractivity contribution >= 4 is 23.8 Å². The summed E-state index contributed by atoms with van der Waals surface area (Å²) in [6, 6.07) is 1.56. The van der Waals surface area contributed by atoms with Gasteiger partial charge in [-0.1, -0.05) is 19.3 Å². The quantitative estimate of drug-likeness (QED) is 0.547. The Hall–Kier alpha value is -2.63. The van der Waals surface area contributed by atoms with Crippen LogP contribution in [-0.2, 0) is 19.1 Å². The van der Waals surface area contributed by atoms with Crippen molar-refractivity contribution in [2.45, 2.75) is 37.6 Å². The number of nitriles is 1. The fraction of sp³-hybridized carbons (Fsp3) is 0.667. The lowest BCUT2D eigenvalue weighted by Gasteiger charge is -2.31. The third-order valence-electron chi connectivity index (χ3n) is 4.18. The van der Waals surface area contributed by atoms with Gasteiger partial charge in [-0.25, -0.2) is 4.79 Å². The molecule has 1 saturated heterocycles. The van der Waals surface area contributed by atoms with Gasteiger partial charge in [0.25, 0.3) is 11.8 Å². The predicted molar refractivity (Wildman–Crippen MR) is 80.3 cm³/mol. The number of hydrogen-bond donors (Lipinski definition) is 1. The molecule has 24 heavy (non-hydrogen) atoms. The number of hydrogen-bond acceptors (Lipinski definition) is 6. The van der Waals surface area contributed by atoms with E-state index in [0.29, 0.717) is 12.8 Å². The number of rotatable bonds is 5. The number of carbonyl (C=O) groups excluding carboxylic acids is 4. The summed E-state index contributed by atoms with van der Waals surface area (Å²) in [5.74, 6) is -1.91. The van der Waals surface area contributed by atoms with Gasteiger partial charge in [0.15, 0.2) is 6.61 Å². The molecule has 1 heterocycles. The van der Waals surface area contributed by atoms with Crippen molar-refractivity contribution in [3.05, 3.63) is 0 Å². The molecule has 0 spiro atoms. The first-order chi connectivity index (χ1) is 11.4. The summed E-state index contributed by atoms with van der Waals surface area (Å²) >= 11 is 0. The highest BCUT2D eigenvalue weighted by Gasteiger charge is 2.36. The molecule has 0 radical (unpaired) electrons. The average Bonchev–Trinajstić information content (AvgIpc) is 2.80. The van der Waals surface area contributed by atoms with Crippen molar-refractivity contribution in [1.82, 2.24) is 15.1 Å². The third kappa shape index (κ3) is 4.01. The largest absolute Gasteiger partial charge is 0.454 e. The van der Waals surface area contributed by atoms with Crippen LogP contribution in [0.15, 0.2) is 0 Å². The molecule has 0 bridgehead atoms. The van der Waals surface area contributed by atoms with Crippen molar-refractivity contribution in [3.8, 4) is 6.07 Å². The van der Waals surface area contributed by atoms with E-state index >= 15 is 0 Å². The van der Waals surface area contributed by atoms with Crippen molar-refractivity contribution in [1.29, 1.82) is 5.26 Å². The Kier molecular flexibility index (Phi) is 5.39. The molecule has 1 saturated carbocycles. The molecule has 130 valence electrons. The van der Waals surface area contributed by atoms with E-state index in [9.17, 15) is 24.4 Å². The van der Waals surface area contributed by atoms with Crippen molar-refractivity contribution < 1.29 is 23.9 Å². The molecular weight excluding hydrogens is 316 g/mol. The smallest absolute Gasteiger partial charge is 0.327 e. The minimum Gasteiger partial charge on any atom is -0.454 e.